The fourth-order valence-corrected chi connectivity index (χ4v) is 3.99. The van der Waals surface area contributed by atoms with Crippen molar-refractivity contribution in [3.63, 3.8) is 0 Å². The van der Waals surface area contributed by atoms with Gasteiger partial charge in [-0.05, 0) is 43.2 Å². The second-order valence-corrected chi connectivity index (χ2v) is 8.21. The number of hydrogen-bond donors (Lipinski definition) is 1. The van der Waals surface area contributed by atoms with E-state index in [-0.39, 0.29) is 16.9 Å². The van der Waals surface area contributed by atoms with Crippen molar-refractivity contribution in [1.82, 2.24) is 0 Å². The van der Waals surface area contributed by atoms with Gasteiger partial charge in [0.1, 0.15) is 5.82 Å². The summed E-state index contributed by atoms with van der Waals surface area (Å²) < 4.78 is 65.6. The van der Waals surface area contributed by atoms with Gasteiger partial charge in [-0.3, -0.25) is 9.10 Å². The van der Waals surface area contributed by atoms with Gasteiger partial charge in [0.05, 0.1) is 10.9 Å². The molecule has 0 aliphatic heterocycles. The Morgan fingerprint density at radius 2 is 1.69 bits per heavy atom. The van der Waals surface area contributed by atoms with Crippen molar-refractivity contribution in [3.8, 4) is 0 Å². The van der Waals surface area contributed by atoms with Crippen LogP contribution in [0.15, 0.2) is 36.4 Å². The summed E-state index contributed by atoms with van der Waals surface area (Å²) in [5, 5.41) is 1.81. The van der Waals surface area contributed by atoms with Crippen molar-refractivity contribution in [1.29, 1.82) is 0 Å². The molecule has 138 valence electrons. The van der Waals surface area contributed by atoms with Crippen LogP contribution in [0.25, 0.3) is 0 Å². The van der Waals surface area contributed by atoms with Gasteiger partial charge in [-0.2, -0.15) is 0 Å². The Morgan fingerprint density at radius 1 is 1.04 bits per heavy atom. The molecule has 1 aliphatic rings. The van der Waals surface area contributed by atoms with Crippen molar-refractivity contribution < 1.29 is 26.4 Å². The van der Waals surface area contributed by atoms with Crippen LogP contribution in [0.1, 0.15) is 23.2 Å². The van der Waals surface area contributed by atoms with Gasteiger partial charge in [0.2, 0.25) is 10.0 Å². The molecular formula is C17H15F3N2O3S. The number of hydrogen-bond acceptors (Lipinski definition) is 3. The Kier molecular flexibility index (Phi) is 4.66. The molecule has 2 aromatic rings. The van der Waals surface area contributed by atoms with E-state index in [9.17, 15) is 26.4 Å². The average molecular weight is 384 g/mol. The maximum Gasteiger partial charge on any atom is 0.255 e. The lowest BCUT2D eigenvalue weighted by molar-refractivity contribution is 0.102. The first-order valence-corrected chi connectivity index (χ1v) is 9.24. The molecule has 0 spiro atoms. The van der Waals surface area contributed by atoms with Crippen molar-refractivity contribution >= 4 is 27.3 Å². The first-order valence-electron chi connectivity index (χ1n) is 7.74. The Bertz CT molecular complexity index is 975. The summed E-state index contributed by atoms with van der Waals surface area (Å²) in [5.74, 6) is -3.69. The SMILES string of the molecule is CN(c1cc(C(=O)Nc2ccc(F)c(F)c2)ccc1F)S(=O)(=O)C1CC1. The molecule has 1 aliphatic carbocycles. The second-order valence-electron chi connectivity index (χ2n) is 5.96. The fraction of sp³-hybridized carbons (Fsp3) is 0.235. The van der Waals surface area contributed by atoms with Crippen LogP contribution in [0.3, 0.4) is 0 Å². The van der Waals surface area contributed by atoms with Crippen molar-refractivity contribution in [3.05, 3.63) is 59.4 Å². The normalized spacial score (nSPS) is 14.2. The van der Waals surface area contributed by atoms with E-state index >= 15 is 0 Å². The molecule has 2 aromatic carbocycles. The fourth-order valence-electron chi connectivity index (χ4n) is 2.40. The Labute approximate surface area is 148 Å². The molecule has 0 unspecified atom stereocenters. The van der Waals surface area contributed by atoms with Gasteiger partial charge in [-0.15, -0.1) is 0 Å². The number of benzene rings is 2. The number of halogens is 3. The molecule has 1 amide bonds. The number of rotatable bonds is 5. The zero-order valence-corrected chi connectivity index (χ0v) is 14.5. The third-order valence-electron chi connectivity index (χ3n) is 4.05. The molecule has 1 N–H and O–H groups in total. The number of nitrogens with zero attached hydrogens (tertiary/aromatic N) is 1. The highest BCUT2D eigenvalue weighted by atomic mass is 32.2. The minimum atomic E-state index is -3.68. The van der Waals surface area contributed by atoms with E-state index in [1.54, 1.807) is 0 Å². The van der Waals surface area contributed by atoms with Crippen LogP contribution in [-0.2, 0) is 10.0 Å². The standard InChI is InChI=1S/C17H15F3N2O3S/c1-22(26(24,25)12-4-5-12)16-8-10(2-6-14(16)19)17(23)21-11-3-7-13(18)15(20)9-11/h2-3,6-9,12H,4-5H2,1H3,(H,21,23). The minimum absolute atomic E-state index is 0.0127. The maximum absolute atomic E-state index is 14.1. The monoisotopic (exact) mass is 384 g/mol. The molecule has 9 heteroatoms. The van der Waals surface area contributed by atoms with Gasteiger partial charge in [0, 0.05) is 24.4 Å². The molecule has 0 aromatic heterocycles. The largest absolute Gasteiger partial charge is 0.322 e. The van der Waals surface area contributed by atoms with Gasteiger partial charge in [0.25, 0.3) is 5.91 Å². The number of amides is 1. The number of sulfonamides is 1. The summed E-state index contributed by atoms with van der Waals surface area (Å²) in [4.78, 5) is 12.3. The van der Waals surface area contributed by atoms with E-state index < -0.39 is 38.6 Å². The quantitative estimate of drug-likeness (QED) is 0.860. The molecule has 0 atom stereocenters. The molecule has 1 fully saturated rings. The zero-order chi connectivity index (χ0) is 19.1. The van der Waals surface area contributed by atoms with E-state index in [0.717, 1.165) is 28.6 Å². The number of nitrogens with one attached hydrogen (secondary N) is 1. The predicted molar refractivity (Wildman–Crippen MR) is 91.1 cm³/mol. The summed E-state index contributed by atoms with van der Waals surface area (Å²) in [5.41, 5.74) is -0.266. The van der Waals surface area contributed by atoms with E-state index in [1.165, 1.54) is 19.2 Å². The van der Waals surface area contributed by atoms with Crippen molar-refractivity contribution in [2.24, 2.45) is 0 Å². The van der Waals surface area contributed by atoms with Crippen LogP contribution in [0, 0.1) is 17.5 Å². The molecule has 0 bridgehead atoms. The lowest BCUT2D eigenvalue weighted by atomic mass is 10.1. The van der Waals surface area contributed by atoms with Crippen molar-refractivity contribution in [2.45, 2.75) is 18.1 Å². The van der Waals surface area contributed by atoms with E-state index in [1.807, 2.05) is 0 Å². The first-order chi connectivity index (χ1) is 12.2. The smallest absolute Gasteiger partial charge is 0.255 e. The summed E-state index contributed by atoms with van der Waals surface area (Å²) in [7, 11) is -2.46. The lowest BCUT2D eigenvalue weighted by Gasteiger charge is -2.20. The Balaban J connectivity index is 1.86. The van der Waals surface area contributed by atoms with E-state index in [4.69, 9.17) is 0 Å². The summed E-state index contributed by atoms with van der Waals surface area (Å²) in [6.07, 6.45) is 1.04. The van der Waals surface area contributed by atoms with E-state index in [0.29, 0.717) is 12.8 Å². The molecule has 26 heavy (non-hydrogen) atoms. The first kappa shape index (κ1) is 18.2. The average Bonchev–Trinajstić information content (AvgIpc) is 3.43. The highest BCUT2D eigenvalue weighted by Crippen LogP contribution is 2.34. The molecular weight excluding hydrogens is 369 g/mol. The summed E-state index contributed by atoms with van der Waals surface area (Å²) in [6.45, 7) is 0. The van der Waals surface area contributed by atoms with Gasteiger partial charge < -0.3 is 5.32 Å². The molecule has 3 rings (SSSR count). The van der Waals surface area contributed by atoms with E-state index in [2.05, 4.69) is 5.32 Å². The molecule has 0 heterocycles. The second kappa shape index (κ2) is 6.64. The van der Waals surface area contributed by atoms with Crippen LogP contribution in [0.2, 0.25) is 0 Å². The summed E-state index contributed by atoms with van der Waals surface area (Å²) >= 11 is 0. The highest BCUT2D eigenvalue weighted by molar-refractivity contribution is 7.93. The van der Waals surface area contributed by atoms with Gasteiger partial charge in [-0.25, -0.2) is 21.6 Å². The van der Waals surface area contributed by atoms with Gasteiger partial charge in [0.15, 0.2) is 11.6 Å². The molecule has 0 saturated heterocycles. The minimum Gasteiger partial charge on any atom is -0.322 e. The van der Waals surface area contributed by atoms with Crippen LogP contribution in [0.5, 0.6) is 0 Å². The number of carbonyl (C=O) groups is 1. The van der Waals surface area contributed by atoms with Crippen LogP contribution in [0.4, 0.5) is 24.5 Å². The number of anilines is 2. The lowest BCUT2D eigenvalue weighted by Crippen LogP contribution is -2.30. The summed E-state index contributed by atoms with van der Waals surface area (Å²) in [6, 6.07) is 6.09. The topological polar surface area (TPSA) is 66.5 Å². The van der Waals surface area contributed by atoms with Gasteiger partial charge >= 0.3 is 0 Å². The molecule has 0 radical (unpaired) electrons. The third-order valence-corrected chi connectivity index (χ3v) is 6.33. The zero-order valence-electron chi connectivity index (χ0n) is 13.7. The molecule has 1 saturated carbocycles. The third kappa shape index (κ3) is 3.52. The van der Waals surface area contributed by atoms with Gasteiger partial charge in [-0.1, -0.05) is 0 Å². The maximum atomic E-state index is 14.1. The highest BCUT2D eigenvalue weighted by Gasteiger charge is 2.39. The number of carbonyl (C=O) groups excluding carboxylic acids is 1. The Hall–Kier alpha value is -2.55. The molecule has 5 nitrogen and oxygen atoms in total. The van der Waals surface area contributed by atoms with Crippen LogP contribution < -0.4 is 9.62 Å². The van der Waals surface area contributed by atoms with Crippen LogP contribution >= 0.6 is 0 Å². The predicted octanol–water partition coefficient (Wildman–Crippen LogP) is 3.28. The van der Waals surface area contributed by atoms with Crippen molar-refractivity contribution in [2.75, 3.05) is 16.7 Å². The Morgan fingerprint density at radius 3 is 2.31 bits per heavy atom. The van der Waals surface area contributed by atoms with Crippen LogP contribution in [-0.4, -0.2) is 26.6 Å².